The summed E-state index contributed by atoms with van der Waals surface area (Å²) < 4.78 is 13.3. The monoisotopic (exact) mass is 450 g/mol. The summed E-state index contributed by atoms with van der Waals surface area (Å²) in [6.07, 6.45) is 6.12. The molecule has 8 nitrogen and oxygen atoms in total. The highest BCUT2D eigenvalue weighted by molar-refractivity contribution is 5.81. The molecule has 172 valence electrons. The van der Waals surface area contributed by atoms with E-state index < -0.39 is 0 Å². The Bertz CT molecular complexity index is 1070. The van der Waals surface area contributed by atoms with Crippen LogP contribution < -0.4 is 10.2 Å². The zero-order valence-corrected chi connectivity index (χ0v) is 18.5. The average Bonchev–Trinajstić information content (AvgIpc) is 2.77. The Labute approximate surface area is 191 Å². The van der Waals surface area contributed by atoms with Crippen molar-refractivity contribution in [1.82, 2.24) is 25.3 Å². The molecule has 1 fully saturated rings. The lowest BCUT2D eigenvalue weighted by atomic mass is 9.97. The first-order valence-corrected chi connectivity index (χ1v) is 11.0. The van der Waals surface area contributed by atoms with Gasteiger partial charge in [0, 0.05) is 57.1 Å². The summed E-state index contributed by atoms with van der Waals surface area (Å²) in [5.74, 6) is 1.13. The molecule has 3 heterocycles. The Morgan fingerprint density at radius 1 is 1.21 bits per heavy atom. The van der Waals surface area contributed by atoms with E-state index in [1.54, 1.807) is 30.7 Å². The van der Waals surface area contributed by atoms with E-state index in [0.717, 1.165) is 22.8 Å². The SMILES string of the molecule is C[C@H](Cc1nc(Cc2cnccn2)cc(N2CC(C(=O)NCCO)C2)n1)c1ccc(F)cc1. The van der Waals surface area contributed by atoms with Crippen LogP contribution in [0.3, 0.4) is 0 Å². The van der Waals surface area contributed by atoms with Gasteiger partial charge in [0.1, 0.15) is 17.5 Å². The third-order valence-corrected chi connectivity index (χ3v) is 5.71. The molecule has 1 aromatic carbocycles. The van der Waals surface area contributed by atoms with Gasteiger partial charge in [-0.25, -0.2) is 14.4 Å². The van der Waals surface area contributed by atoms with Gasteiger partial charge in [0.05, 0.1) is 23.9 Å². The normalized spacial score (nSPS) is 14.6. The topological polar surface area (TPSA) is 104 Å². The van der Waals surface area contributed by atoms with Crippen molar-refractivity contribution in [2.24, 2.45) is 5.92 Å². The number of halogens is 1. The number of aliphatic hydroxyl groups excluding tert-OH is 1. The van der Waals surface area contributed by atoms with Gasteiger partial charge < -0.3 is 15.3 Å². The van der Waals surface area contributed by atoms with Crippen molar-refractivity contribution in [1.29, 1.82) is 0 Å². The summed E-state index contributed by atoms with van der Waals surface area (Å²) in [6.45, 7) is 3.38. The highest BCUT2D eigenvalue weighted by atomic mass is 19.1. The van der Waals surface area contributed by atoms with Crippen LogP contribution >= 0.6 is 0 Å². The number of nitrogens with zero attached hydrogens (tertiary/aromatic N) is 5. The Kier molecular flexibility index (Phi) is 7.19. The second-order valence-electron chi connectivity index (χ2n) is 8.28. The maximum absolute atomic E-state index is 13.3. The smallest absolute Gasteiger partial charge is 0.226 e. The first-order valence-electron chi connectivity index (χ1n) is 11.0. The number of hydrogen-bond donors (Lipinski definition) is 2. The summed E-state index contributed by atoms with van der Waals surface area (Å²) >= 11 is 0. The van der Waals surface area contributed by atoms with Crippen molar-refractivity contribution in [3.05, 3.63) is 77.5 Å². The second-order valence-corrected chi connectivity index (χ2v) is 8.28. The molecule has 0 saturated carbocycles. The summed E-state index contributed by atoms with van der Waals surface area (Å²) in [6, 6.07) is 8.43. The molecule has 0 unspecified atom stereocenters. The van der Waals surface area contributed by atoms with Crippen molar-refractivity contribution in [2.45, 2.75) is 25.7 Å². The van der Waals surface area contributed by atoms with Crippen LogP contribution in [0.4, 0.5) is 10.2 Å². The molecule has 0 aliphatic carbocycles. The number of rotatable bonds is 9. The van der Waals surface area contributed by atoms with Gasteiger partial charge in [-0.05, 0) is 23.6 Å². The Morgan fingerprint density at radius 2 is 2.00 bits per heavy atom. The summed E-state index contributed by atoms with van der Waals surface area (Å²) in [5.41, 5.74) is 2.66. The molecule has 0 spiro atoms. The predicted molar refractivity (Wildman–Crippen MR) is 121 cm³/mol. The van der Waals surface area contributed by atoms with Crippen LogP contribution in [-0.4, -0.2) is 57.2 Å². The fraction of sp³-hybridized carbons (Fsp3) is 0.375. The van der Waals surface area contributed by atoms with E-state index in [1.807, 2.05) is 6.07 Å². The predicted octanol–water partition coefficient (Wildman–Crippen LogP) is 1.89. The number of carbonyl (C=O) groups is 1. The minimum Gasteiger partial charge on any atom is -0.395 e. The molecule has 1 amide bonds. The Morgan fingerprint density at radius 3 is 2.70 bits per heavy atom. The van der Waals surface area contributed by atoms with E-state index >= 15 is 0 Å². The van der Waals surface area contributed by atoms with E-state index in [4.69, 9.17) is 15.1 Å². The van der Waals surface area contributed by atoms with E-state index in [9.17, 15) is 9.18 Å². The molecule has 1 aliphatic heterocycles. The van der Waals surface area contributed by atoms with E-state index in [2.05, 4.69) is 27.1 Å². The summed E-state index contributed by atoms with van der Waals surface area (Å²) in [7, 11) is 0. The van der Waals surface area contributed by atoms with Gasteiger partial charge in [-0.2, -0.15) is 0 Å². The van der Waals surface area contributed by atoms with Crippen LogP contribution in [-0.2, 0) is 17.6 Å². The number of hydrogen-bond acceptors (Lipinski definition) is 7. The molecule has 1 aliphatic rings. The Balaban J connectivity index is 1.52. The van der Waals surface area contributed by atoms with Crippen LogP contribution in [0.5, 0.6) is 0 Å². The van der Waals surface area contributed by atoms with E-state index in [-0.39, 0.29) is 36.7 Å². The molecule has 4 rings (SSSR count). The number of anilines is 1. The number of benzene rings is 1. The molecule has 1 atom stereocenters. The second kappa shape index (κ2) is 10.4. The number of amides is 1. The molecule has 33 heavy (non-hydrogen) atoms. The number of nitrogens with one attached hydrogen (secondary N) is 1. The molecular formula is C24H27FN6O2. The molecule has 1 saturated heterocycles. The highest BCUT2D eigenvalue weighted by Gasteiger charge is 2.33. The van der Waals surface area contributed by atoms with Gasteiger partial charge in [0.15, 0.2) is 0 Å². The lowest BCUT2D eigenvalue weighted by Crippen LogP contribution is -2.54. The summed E-state index contributed by atoms with van der Waals surface area (Å²) in [5, 5.41) is 11.6. The first kappa shape index (κ1) is 22.7. The van der Waals surface area contributed by atoms with Crippen LogP contribution in [0.1, 0.15) is 35.6 Å². The maximum Gasteiger partial charge on any atom is 0.226 e. The van der Waals surface area contributed by atoms with Crippen LogP contribution in [0.15, 0.2) is 48.9 Å². The fourth-order valence-electron chi connectivity index (χ4n) is 3.83. The largest absolute Gasteiger partial charge is 0.395 e. The van der Waals surface area contributed by atoms with Gasteiger partial charge in [0.25, 0.3) is 0 Å². The number of aromatic nitrogens is 4. The fourth-order valence-corrected chi connectivity index (χ4v) is 3.83. The van der Waals surface area contributed by atoms with Crippen molar-refractivity contribution >= 4 is 11.7 Å². The Hall–Kier alpha value is -3.46. The molecule has 3 aromatic rings. The van der Waals surface area contributed by atoms with Crippen LogP contribution in [0, 0.1) is 11.7 Å². The summed E-state index contributed by atoms with van der Waals surface area (Å²) in [4.78, 5) is 32.2. The van der Waals surface area contributed by atoms with Gasteiger partial charge >= 0.3 is 0 Å². The molecule has 2 N–H and O–H groups in total. The third-order valence-electron chi connectivity index (χ3n) is 5.71. The minimum absolute atomic E-state index is 0.0562. The van der Waals surface area contributed by atoms with Gasteiger partial charge in [-0.3, -0.25) is 14.8 Å². The zero-order valence-electron chi connectivity index (χ0n) is 18.5. The van der Waals surface area contributed by atoms with Crippen LogP contribution in [0.25, 0.3) is 0 Å². The lowest BCUT2D eigenvalue weighted by molar-refractivity contribution is -0.125. The molecule has 2 aromatic heterocycles. The molecule has 0 radical (unpaired) electrons. The van der Waals surface area contributed by atoms with E-state index in [1.165, 1.54) is 12.1 Å². The quantitative estimate of drug-likeness (QED) is 0.513. The van der Waals surface area contributed by atoms with Gasteiger partial charge in [-0.1, -0.05) is 19.1 Å². The lowest BCUT2D eigenvalue weighted by Gasteiger charge is -2.39. The average molecular weight is 451 g/mol. The highest BCUT2D eigenvalue weighted by Crippen LogP contribution is 2.26. The van der Waals surface area contributed by atoms with Gasteiger partial charge in [-0.15, -0.1) is 0 Å². The van der Waals surface area contributed by atoms with Crippen molar-refractivity contribution in [3.8, 4) is 0 Å². The van der Waals surface area contributed by atoms with Crippen molar-refractivity contribution in [3.63, 3.8) is 0 Å². The van der Waals surface area contributed by atoms with Gasteiger partial charge in [0.2, 0.25) is 5.91 Å². The van der Waals surface area contributed by atoms with Crippen molar-refractivity contribution in [2.75, 3.05) is 31.1 Å². The standard InChI is InChI=1S/C24H27FN6O2/c1-16(17-2-4-19(25)5-3-17)10-22-29-20(11-21-13-26-6-7-27-21)12-23(30-22)31-14-18(15-31)24(33)28-8-9-32/h2-7,12-13,16,18,32H,8-11,14-15H2,1H3,(H,28,33)/t16-/m1/s1. The first-order chi connectivity index (χ1) is 16.0. The van der Waals surface area contributed by atoms with Crippen LogP contribution in [0.2, 0.25) is 0 Å². The third kappa shape index (κ3) is 5.87. The maximum atomic E-state index is 13.3. The van der Waals surface area contributed by atoms with Crippen molar-refractivity contribution < 1.29 is 14.3 Å². The zero-order chi connectivity index (χ0) is 23.2. The minimum atomic E-state index is -0.259. The molecule has 9 heteroatoms. The molecular weight excluding hydrogens is 423 g/mol. The number of aliphatic hydroxyl groups is 1. The van der Waals surface area contributed by atoms with E-state index in [0.29, 0.717) is 31.8 Å². The molecule has 0 bridgehead atoms. The number of carbonyl (C=O) groups excluding carboxylic acids is 1.